The topological polar surface area (TPSA) is 66.9 Å². The van der Waals surface area contributed by atoms with Gasteiger partial charge < -0.3 is 5.32 Å². The van der Waals surface area contributed by atoms with Crippen LogP contribution in [0.15, 0.2) is 15.8 Å². The number of rotatable bonds is 2. The van der Waals surface area contributed by atoms with Crippen LogP contribution in [0.5, 0.6) is 0 Å². The summed E-state index contributed by atoms with van der Waals surface area (Å²) in [5.41, 5.74) is -0.929. The summed E-state index contributed by atoms with van der Waals surface area (Å²) in [6.45, 7) is 1.53. The van der Waals surface area contributed by atoms with Crippen LogP contribution in [0, 0.1) is 0 Å². The van der Waals surface area contributed by atoms with Crippen molar-refractivity contribution in [2.24, 2.45) is 0 Å². The van der Waals surface area contributed by atoms with Gasteiger partial charge in [-0.3, -0.25) is 14.3 Å². The van der Waals surface area contributed by atoms with Gasteiger partial charge >= 0.3 is 5.69 Å². The molecule has 0 aliphatic carbocycles. The Hall–Kier alpha value is -1.07. The van der Waals surface area contributed by atoms with E-state index in [4.69, 9.17) is 11.6 Å². The van der Waals surface area contributed by atoms with Gasteiger partial charge in [0.05, 0.1) is 0 Å². The van der Waals surface area contributed by atoms with Crippen LogP contribution in [-0.2, 0) is 6.54 Å². The molecule has 1 aromatic rings. The molecular formula is C10H14ClN3O2. The molecule has 1 aliphatic rings. The van der Waals surface area contributed by atoms with E-state index in [1.54, 1.807) is 0 Å². The SMILES string of the molecule is O=c1[nH]c(=O)n(CC2CCCCN2)cc1Cl. The third-order valence-corrected chi connectivity index (χ3v) is 3.07. The summed E-state index contributed by atoms with van der Waals surface area (Å²) in [6, 6.07) is 0.286. The van der Waals surface area contributed by atoms with Crippen LogP contribution in [0.25, 0.3) is 0 Å². The zero-order valence-corrected chi connectivity index (χ0v) is 9.59. The molecule has 0 radical (unpaired) electrons. The summed E-state index contributed by atoms with van der Waals surface area (Å²) in [5.74, 6) is 0. The molecule has 2 rings (SSSR count). The van der Waals surface area contributed by atoms with Crippen LogP contribution >= 0.6 is 11.6 Å². The quantitative estimate of drug-likeness (QED) is 0.787. The minimum Gasteiger partial charge on any atom is -0.312 e. The molecule has 16 heavy (non-hydrogen) atoms. The largest absolute Gasteiger partial charge is 0.328 e. The van der Waals surface area contributed by atoms with Gasteiger partial charge in [-0.15, -0.1) is 0 Å². The van der Waals surface area contributed by atoms with Crippen molar-refractivity contribution in [2.45, 2.75) is 31.8 Å². The average Bonchev–Trinajstić information content (AvgIpc) is 2.27. The lowest BCUT2D eigenvalue weighted by atomic mass is 10.1. The predicted molar refractivity (Wildman–Crippen MR) is 62.0 cm³/mol. The maximum absolute atomic E-state index is 11.5. The number of aromatic amines is 1. The number of aromatic nitrogens is 2. The standard InChI is InChI=1S/C10H14ClN3O2/c11-8-6-14(10(16)13-9(8)15)5-7-3-1-2-4-12-7/h6-7,12H,1-5H2,(H,13,15,16). The molecule has 0 amide bonds. The fourth-order valence-electron chi connectivity index (χ4n) is 1.94. The Balaban J connectivity index is 2.17. The van der Waals surface area contributed by atoms with E-state index in [9.17, 15) is 9.59 Å². The van der Waals surface area contributed by atoms with Crippen molar-refractivity contribution < 1.29 is 0 Å². The van der Waals surface area contributed by atoms with Gasteiger partial charge in [0.15, 0.2) is 0 Å². The fraction of sp³-hybridized carbons (Fsp3) is 0.600. The predicted octanol–water partition coefficient (Wildman–Crippen LogP) is 0.332. The highest BCUT2D eigenvalue weighted by atomic mass is 35.5. The summed E-state index contributed by atoms with van der Waals surface area (Å²) < 4.78 is 1.45. The van der Waals surface area contributed by atoms with Crippen LogP contribution < -0.4 is 16.6 Å². The summed E-state index contributed by atoms with van der Waals surface area (Å²) in [5, 5.41) is 3.39. The molecule has 1 aliphatic heterocycles. The van der Waals surface area contributed by atoms with Gasteiger partial charge in [-0.25, -0.2) is 4.79 Å². The molecule has 2 heterocycles. The van der Waals surface area contributed by atoms with Crippen LogP contribution in [0.4, 0.5) is 0 Å². The molecule has 88 valence electrons. The number of H-pyrrole nitrogens is 1. The number of nitrogens with one attached hydrogen (secondary N) is 2. The van der Waals surface area contributed by atoms with E-state index in [0.717, 1.165) is 13.0 Å². The first-order chi connectivity index (χ1) is 7.66. The normalized spacial score (nSPS) is 20.9. The van der Waals surface area contributed by atoms with Gasteiger partial charge in [0.25, 0.3) is 5.56 Å². The van der Waals surface area contributed by atoms with E-state index in [1.807, 2.05) is 0 Å². The third kappa shape index (κ3) is 2.54. The minimum atomic E-state index is -0.528. The van der Waals surface area contributed by atoms with Crippen LogP contribution in [0.1, 0.15) is 19.3 Å². The molecule has 1 fully saturated rings. The zero-order valence-electron chi connectivity index (χ0n) is 8.83. The molecular weight excluding hydrogens is 230 g/mol. The van der Waals surface area contributed by atoms with E-state index in [2.05, 4.69) is 10.3 Å². The lowest BCUT2D eigenvalue weighted by Gasteiger charge is -2.23. The first kappa shape index (κ1) is 11.4. The Morgan fingerprint density at radius 2 is 2.25 bits per heavy atom. The molecule has 6 heteroatoms. The zero-order chi connectivity index (χ0) is 11.5. The average molecular weight is 244 g/mol. The van der Waals surface area contributed by atoms with Crippen molar-refractivity contribution in [1.82, 2.24) is 14.9 Å². The molecule has 5 nitrogen and oxygen atoms in total. The second-order valence-electron chi connectivity index (χ2n) is 4.04. The smallest absolute Gasteiger partial charge is 0.312 e. The number of hydrogen-bond donors (Lipinski definition) is 2. The highest BCUT2D eigenvalue weighted by Gasteiger charge is 2.14. The molecule has 0 saturated carbocycles. The van der Waals surface area contributed by atoms with Gasteiger partial charge in [0.2, 0.25) is 0 Å². The summed E-state index contributed by atoms with van der Waals surface area (Å²) in [7, 11) is 0. The molecule has 1 saturated heterocycles. The molecule has 1 unspecified atom stereocenters. The van der Waals surface area contributed by atoms with Crippen LogP contribution in [0.2, 0.25) is 5.02 Å². The van der Waals surface area contributed by atoms with Gasteiger partial charge in [-0.2, -0.15) is 0 Å². The van der Waals surface area contributed by atoms with Crippen molar-refractivity contribution in [3.05, 3.63) is 32.1 Å². The lowest BCUT2D eigenvalue weighted by molar-refractivity contribution is 0.357. The number of hydrogen-bond acceptors (Lipinski definition) is 3. The van der Waals surface area contributed by atoms with Crippen molar-refractivity contribution in [1.29, 1.82) is 0 Å². The fourth-order valence-corrected chi connectivity index (χ4v) is 2.10. The second-order valence-corrected chi connectivity index (χ2v) is 4.44. The highest BCUT2D eigenvalue weighted by molar-refractivity contribution is 6.30. The van der Waals surface area contributed by atoms with Gasteiger partial charge in [0.1, 0.15) is 5.02 Å². The summed E-state index contributed by atoms with van der Waals surface area (Å²) in [6.07, 6.45) is 4.80. The number of halogens is 1. The van der Waals surface area contributed by atoms with E-state index in [1.165, 1.54) is 23.6 Å². The first-order valence-corrected chi connectivity index (χ1v) is 5.77. The monoisotopic (exact) mass is 243 g/mol. The molecule has 2 N–H and O–H groups in total. The Morgan fingerprint density at radius 3 is 2.94 bits per heavy atom. The van der Waals surface area contributed by atoms with E-state index in [0.29, 0.717) is 6.54 Å². The summed E-state index contributed by atoms with van der Waals surface area (Å²) >= 11 is 5.68. The molecule has 0 aromatic carbocycles. The van der Waals surface area contributed by atoms with Gasteiger partial charge in [0, 0.05) is 18.8 Å². The van der Waals surface area contributed by atoms with Crippen molar-refractivity contribution in [3.63, 3.8) is 0 Å². The van der Waals surface area contributed by atoms with Crippen LogP contribution in [-0.4, -0.2) is 22.1 Å². The van der Waals surface area contributed by atoms with E-state index >= 15 is 0 Å². The molecule has 0 bridgehead atoms. The Kier molecular flexibility index (Phi) is 3.46. The third-order valence-electron chi connectivity index (χ3n) is 2.80. The molecule has 1 atom stereocenters. The van der Waals surface area contributed by atoms with Crippen molar-refractivity contribution >= 4 is 11.6 Å². The van der Waals surface area contributed by atoms with E-state index < -0.39 is 11.2 Å². The van der Waals surface area contributed by atoms with Gasteiger partial charge in [-0.1, -0.05) is 18.0 Å². The van der Waals surface area contributed by atoms with Gasteiger partial charge in [-0.05, 0) is 19.4 Å². The number of nitrogens with zero attached hydrogens (tertiary/aromatic N) is 1. The molecule has 0 spiro atoms. The first-order valence-electron chi connectivity index (χ1n) is 5.39. The Bertz CT molecular complexity index is 474. The van der Waals surface area contributed by atoms with Crippen molar-refractivity contribution in [2.75, 3.05) is 6.54 Å². The van der Waals surface area contributed by atoms with Crippen molar-refractivity contribution in [3.8, 4) is 0 Å². The second kappa shape index (κ2) is 4.84. The minimum absolute atomic E-state index is 0.0513. The highest BCUT2D eigenvalue weighted by Crippen LogP contribution is 2.08. The Morgan fingerprint density at radius 1 is 1.44 bits per heavy atom. The molecule has 1 aromatic heterocycles. The summed E-state index contributed by atoms with van der Waals surface area (Å²) in [4.78, 5) is 24.7. The van der Waals surface area contributed by atoms with E-state index in [-0.39, 0.29) is 11.1 Å². The maximum atomic E-state index is 11.5. The lowest BCUT2D eigenvalue weighted by Crippen LogP contribution is -2.41. The maximum Gasteiger partial charge on any atom is 0.328 e. The number of piperidine rings is 1. The van der Waals surface area contributed by atoms with Crippen LogP contribution in [0.3, 0.4) is 0 Å². The Labute approximate surface area is 97.4 Å².